The van der Waals surface area contributed by atoms with Crippen molar-refractivity contribution < 1.29 is 0 Å². The van der Waals surface area contributed by atoms with E-state index in [1.807, 2.05) is 23.1 Å². The average Bonchev–Trinajstić information content (AvgIpc) is 2.61. The number of anilines is 2. The summed E-state index contributed by atoms with van der Waals surface area (Å²) in [4.78, 5) is 32.4. The summed E-state index contributed by atoms with van der Waals surface area (Å²) >= 11 is 1.41. The lowest BCUT2D eigenvalue weighted by Crippen LogP contribution is -2.27. The van der Waals surface area contributed by atoms with E-state index < -0.39 is 0 Å². The van der Waals surface area contributed by atoms with Gasteiger partial charge in [-0.05, 0) is 44.2 Å². The maximum absolute atomic E-state index is 12.4. The van der Waals surface area contributed by atoms with E-state index in [9.17, 15) is 4.79 Å². The fourth-order valence-corrected chi connectivity index (χ4v) is 3.82. The molecule has 0 atom stereocenters. The smallest absolute Gasteiger partial charge is 0.282 e. The summed E-state index contributed by atoms with van der Waals surface area (Å²) in [6.45, 7) is 4.12. The molecule has 7 heteroatoms. The van der Waals surface area contributed by atoms with E-state index in [1.165, 1.54) is 11.3 Å². The fourth-order valence-electron chi connectivity index (χ4n) is 2.73. The van der Waals surface area contributed by atoms with Crippen LogP contribution in [0.4, 0.5) is 10.8 Å². The Labute approximate surface area is 147 Å². The minimum Gasteiger partial charge on any atom is -0.315 e. The number of nitrogens with zero attached hydrogens (tertiary/aromatic N) is 5. The van der Waals surface area contributed by atoms with Gasteiger partial charge in [-0.15, -0.1) is 0 Å². The number of fused-ring (bicyclic) bond motifs is 2. The Hall–Kier alpha value is -2.93. The van der Waals surface area contributed by atoms with Crippen LogP contribution in [0.2, 0.25) is 0 Å². The second-order valence-electron chi connectivity index (χ2n) is 5.85. The molecule has 0 radical (unpaired) electrons. The van der Waals surface area contributed by atoms with Crippen molar-refractivity contribution in [2.45, 2.75) is 19.9 Å². The summed E-state index contributed by atoms with van der Waals surface area (Å²) in [6.07, 6.45) is 5.03. The highest BCUT2D eigenvalue weighted by molar-refractivity contribution is 7.21. The molecule has 0 aliphatic heterocycles. The van der Waals surface area contributed by atoms with E-state index >= 15 is 0 Å². The van der Waals surface area contributed by atoms with Crippen molar-refractivity contribution in [2.24, 2.45) is 0 Å². The second kappa shape index (κ2) is 6.18. The van der Waals surface area contributed by atoms with Crippen LogP contribution in [-0.2, 0) is 0 Å². The van der Waals surface area contributed by atoms with E-state index in [2.05, 4.69) is 33.8 Å². The summed E-state index contributed by atoms with van der Waals surface area (Å²) < 4.78 is 0. The fraction of sp³-hybridized carbons (Fsp3) is 0.167. The number of pyridine rings is 1. The first-order valence-corrected chi connectivity index (χ1v) is 8.71. The zero-order valence-electron chi connectivity index (χ0n) is 13.7. The molecule has 0 unspecified atom stereocenters. The first kappa shape index (κ1) is 15.6. The van der Waals surface area contributed by atoms with E-state index in [-0.39, 0.29) is 11.6 Å². The third-order valence-electron chi connectivity index (χ3n) is 3.84. The molecule has 0 saturated heterocycles. The van der Waals surface area contributed by atoms with Gasteiger partial charge in [-0.25, -0.2) is 4.98 Å². The van der Waals surface area contributed by atoms with Gasteiger partial charge in [0.05, 0.1) is 16.4 Å². The molecule has 4 aromatic rings. The third kappa shape index (κ3) is 2.83. The summed E-state index contributed by atoms with van der Waals surface area (Å²) in [6, 6.07) is 9.47. The van der Waals surface area contributed by atoms with Gasteiger partial charge in [0.2, 0.25) is 0 Å². The van der Waals surface area contributed by atoms with Gasteiger partial charge in [-0.3, -0.25) is 14.8 Å². The van der Waals surface area contributed by atoms with Crippen LogP contribution in [0.5, 0.6) is 0 Å². The summed E-state index contributed by atoms with van der Waals surface area (Å²) in [5.74, 6) is 0. The first-order valence-electron chi connectivity index (χ1n) is 7.89. The van der Waals surface area contributed by atoms with Crippen molar-refractivity contribution in [2.75, 3.05) is 4.90 Å². The van der Waals surface area contributed by atoms with Crippen molar-refractivity contribution in [1.82, 2.24) is 19.9 Å². The zero-order valence-corrected chi connectivity index (χ0v) is 14.6. The Kier molecular flexibility index (Phi) is 3.85. The van der Waals surface area contributed by atoms with Crippen molar-refractivity contribution in [3.05, 3.63) is 59.3 Å². The Morgan fingerprint density at radius 3 is 2.60 bits per heavy atom. The monoisotopic (exact) mass is 349 g/mol. The molecule has 25 heavy (non-hydrogen) atoms. The van der Waals surface area contributed by atoms with Gasteiger partial charge >= 0.3 is 0 Å². The molecule has 0 N–H and O–H groups in total. The number of benzene rings is 1. The van der Waals surface area contributed by atoms with Crippen LogP contribution < -0.4 is 10.5 Å². The lowest BCUT2D eigenvalue weighted by molar-refractivity contribution is 0.784. The molecule has 0 amide bonds. The van der Waals surface area contributed by atoms with Crippen LogP contribution in [0.25, 0.3) is 21.3 Å². The molecule has 0 aliphatic rings. The third-order valence-corrected chi connectivity index (χ3v) is 4.83. The van der Waals surface area contributed by atoms with Crippen LogP contribution in [0.3, 0.4) is 0 Å². The number of rotatable bonds is 3. The minimum atomic E-state index is -0.261. The molecule has 124 valence electrons. The second-order valence-corrected chi connectivity index (χ2v) is 6.81. The molecule has 0 bridgehead atoms. The highest BCUT2D eigenvalue weighted by atomic mass is 32.1. The maximum Gasteiger partial charge on any atom is 0.282 e. The standard InChI is InChI=1S/C18H15N5OS/c1-11(2)23(12-5-6-14-15(10-12)20-9-8-19-14)18-22-16(24)13-4-3-7-21-17(13)25-18/h3-11H,1-2H3. The van der Waals surface area contributed by atoms with Crippen LogP contribution in [-0.4, -0.2) is 26.0 Å². The van der Waals surface area contributed by atoms with Crippen LogP contribution in [0, 0.1) is 0 Å². The van der Waals surface area contributed by atoms with Crippen molar-refractivity contribution in [1.29, 1.82) is 0 Å². The normalized spacial score (nSPS) is 11.3. The quantitative estimate of drug-likeness (QED) is 0.563. The predicted octanol–water partition coefficient (Wildman–Crippen LogP) is 3.54. The largest absolute Gasteiger partial charge is 0.315 e. The summed E-state index contributed by atoms with van der Waals surface area (Å²) in [5, 5.41) is 1.17. The van der Waals surface area contributed by atoms with Gasteiger partial charge in [0.15, 0.2) is 5.13 Å². The lowest BCUT2D eigenvalue weighted by Gasteiger charge is -2.27. The summed E-state index contributed by atoms with van der Waals surface area (Å²) in [5.41, 5.74) is 2.29. The van der Waals surface area contributed by atoms with E-state index in [0.717, 1.165) is 16.7 Å². The highest BCUT2D eigenvalue weighted by Gasteiger charge is 2.18. The first-order chi connectivity index (χ1) is 12.1. The molecule has 1 aromatic carbocycles. The molecule has 4 rings (SSSR count). The van der Waals surface area contributed by atoms with Crippen LogP contribution in [0.1, 0.15) is 13.8 Å². The molecule has 0 aliphatic carbocycles. The van der Waals surface area contributed by atoms with Crippen molar-refractivity contribution in [3.63, 3.8) is 0 Å². The van der Waals surface area contributed by atoms with Gasteiger partial charge in [-0.2, -0.15) is 4.98 Å². The zero-order chi connectivity index (χ0) is 17.4. The SMILES string of the molecule is CC(C)N(c1ccc2nccnc2c1)c1nc(=O)c2cccnc2s1. The van der Waals surface area contributed by atoms with Gasteiger partial charge in [0.25, 0.3) is 5.56 Å². The van der Waals surface area contributed by atoms with Gasteiger partial charge in [0, 0.05) is 30.3 Å². The van der Waals surface area contributed by atoms with Crippen LogP contribution >= 0.6 is 11.3 Å². The van der Waals surface area contributed by atoms with E-state index in [0.29, 0.717) is 15.3 Å². The van der Waals surface area contributed by atoms with Crippen molar-refractivity contribution >= 4 is 43.4 Å². The van der Waals surface area contributed by atoms with Crippen molar-refractivity contribution in [3.8, 4) is 0 Å². The molecule has 0 fully saturated rings. The number of hydrogen-bond acceptors (Lipinski definition) is 7. The number of hydrogen-bond donors (Lipinski definition) is 0. The molecule has 0 saturated carbocycles. The highest BCUT2D eigenvalue weighted by Crippen LogP contribution is 2.32. The molecule has 0 spiro atoms. The Bertz CT molecular complexity index is 1120. The van der Waals surface area contributed by atoms with E-state index in [4.69, 9.17) is 0 Å². The maximum atomic E-state index is 12.4. The Balaban J connectivity index is 1.90. The van der Waals surface area contributed by atoms with Crippen LogP contribution in [0.15, 0.2) is 53.7 Å². The van der Waals surface area contributed by atoms with Gasteiger partial charge in [0.1, 0.15) is 4.83 Å². The average molecular weight is 349 g/mol. The predicted molar refractivity (Wildman–Crippen MR) is 100 cm³/mol. The molecular formula is C18H15N5OS. The Morgan fingerprint density at radius 1 is 1.00 bits per heavy atom. The molecule has 3 heterocycles. The number of aromatic nitrogens is 4. The molecule has 6 nitrogen and oxygen atoms in total. The molecule has 3 aromatic heterocycles. The van der Waals surface area contributed by atoms with E-state index in [1.54, 1.807) is 30.7 Å². The lowest BCUT2D eigenvalue weighted by atomic mass is 10.2. The topological polar surface area (TPSA) is 71.9 Å². The molecular weight excluding hydrogens is 334 g/mol. The summed E-state index contributed by atoms with van der Waals surface area (Å²) in [7, 11) is 0. The van der Waals surface area contributed by atoms with Gasteiger partial charge in [-0.1, -0.05) is 11.3 Å². The van der Waals surface area contributed by atoms with Gasteiger partial charge < -0.3 is 4.90 Å². The minimum absolute atomic E-state index is 0.110. The Morgan fingerprint density at radius 2 is 1.80 bits per heavy atom.